The fourth-order valence-electron chi connectivity index (χ4n) is 1.33. The maximum Gasteiger partial charge on any atom is 0.109 e. The molecule has 3 heteroatoms. The van der Waals surface area contributed by atoms with Crippen molar-refractivity contribution in [2.24, 2.45) is 5.92 Å². The zero-order chi connectivity index (χ0) is 9.26. The highest BCUT2D eigenvalue weighted by molar-refractivity contribution is 7.11. The number of nitrogens with one attached hydrogen (secondary N) is 1. The van der Waals surface area contributed by atoms with Gasteiger partial charge in [0.05, 0.1) is 6.04 Å². The molecule has 2 nitrogen and oxygen atoms in total. The summed E-state index contributed by atoms with van der Waals surface area (Å²) in [6, 6.07) is 0.430. The standard InChI is InChI=1S/C10H16N2S/c1-7-5-12-10(13-7)8(2)11-6-9-3-4-9/h5,8-9,11H,3-4,6H2,1-2H3. The Bertz CT molecular complexity index is 278. The Labute approximate surface area is 83.4 Å². The second kappa shape index (κ2) is 3.76. The molecular weight excluding hydrogens is 180 g/mol. The molecule has 1 atom stereocenters. The summed E-state index contributed by atoms with van der Waals surface area (Å²) >= 11 is 1.79. The van der Waals surface area contributed by atoms with E-state index in [2.05, 4.69) is 24.1 Å². The zero-order valence-corrected chi connectivity index (χ0v) is 9.03. The molecule has 2 rings (SSSR count). The monoisotopic (exact) mass is 196 g/mol. The summed E-state index contributed by atoms with van der Waals surface area (Å²) < 4.78 is 0. The molecule has 1 N–H and O–H groups in total. The van der Waals surface area contributed by atoms with Gasteiger partial charge in [-0.2, -0.15) is 0 Å². The summed E-state index contributed by atoms with van der Waals surface area (Å²) in [5.41, 5.74) is 0. The Morgan fingerprint density at radius 3 is 3.00 bits per heavy atom. The van der Waals surface area contributed by atoms with E-state index in [1.807, 2.05) is 6.20 Å². The van der Waals surface area contributed by atoms with Crippen LogP contribution >= 0.6 is 11.3 Å². The van der Waals surface area contributed by atoms with Crippen LogP contribution in [0.1, 0.15) is 35.7 Å². The van der Waals surface area contributed by atoms with Crippen LogP contribution in [0.2, 0.25) is 0 Å². The van der Waals surface area contributed by atoms with E-state index in [0.717, 1.165) is 5.92 Å². The van der Waals surface area contributed by atoms with Gasteiger partial charge in [-0.1, -0.05) is 0 Å². The van der Waals surface area contributed by atoms with E-state index >= 15 is 0 Å². The van der Waals surface area contributed by atoms with Crippen molar-refractivity contribution >= 4 is 11.3 Å². The fourth-order valence-corrected chi connectivity index (χ4v) is 2.13. The Morgan fingerprint density at radius 2 is 2.46 bits per heavy atom. The van der Waals surface area contributed by atoms with Crippen molar-refractivity contribution in [1.82, 2.24) is 10.3 Å². The number of nitrogens with zero attached hydrogens (tertiary/aromatic N) is 1. The lowest BCUT2D eigenvalue weighted by molar-refractivity contribution is 0.546. The van der Waals surface area contributed by atoms with Crippen LogP contribution in [-0.4, -0.2) is 11.5 Å². The first-order chi connectivity index (χ1) is 6.25. The van der Waals surface area contributed by atoms with Gasteiger partial charge in [0.2, 0.25) is 0 Å². The molecule has 1 aromatic rings. The highest BCUT2D eigenvalue weighted by Crippen LogP contribution is 2.28. The summed E-state index contributed by atoms with van der Waals surface area (Å²) in [7, 11) is 0. The number of hydrogen-bond acceptors (Lipinski definition) is 3. The zero-order valence-electron chi connectivity index (χ0n) is 8.21. The summed E-state index contributed by atoms with van der Waals surface area (Å²) in [6.45, 7) is 5.47. The molecule has 1 aliphatic rings. The molecule has 1 fully saturated rings. The van der Waals surface area contributed by atoms with Gasteiger partial charge in [0, 0.05) is 11.1 Å². The molecular formula is C10H16N2S. The minimum absolute atomic E-state index is 0.430. The van der Waals surface area contributed by atoms with Crippen molar-refractivity contribution in [3.05, 3.63) is 16.1 Å². The molecule has 1 aromatic heterocycles. The third-order valence-electron chi connectivity index (χ3n) is 2.42. The molecule has 1 aliphatic carbocycles. The van der Waals surface area contributed by atoms with Crippen LogP contribution in [0.3, 0.4) is 0 Å². The van der Waals surface area contributed by atoms with Gasteiger partial charge in [-0.05, 0) is 39.2 Å². The second-order valence-corrected chi connectivity index (χ2v) is 5.15. The maximum absolute atomic E-state index is 4.37. The van der Waals surface area contributed by atoms with Crippen molar-refractivity contribution in [2.75, 3.05) is 6.54 Å². The van der Waals surface area contributed by atoms with Gasteiger partial charge in [-0.15, -0.1) is 11.3 Å². The Morgan fingerprint density at radius 1 is 1.69 bits per heavy atom. The van der Waals surface area contributed by atoms with Crippen molar-refractivity contribution in [3.8, 4) is 0 Å². The van der Waals surface area contributed by atoms with Crippen molar-refractivity contribution in [3.63, 3.8) is 0 Å². The maximum atomic E-state index is 4.37. The summed E-state index contributed by atoms with van der Waals surface area (Å²) in [5, 5.41) is 4.74. The molecule has 0 saturated heterocycles. The van der Waals surface area contributed by atoms with Gasteiger partial charge in [0.15, 0.2) is 0 Å². The van der Waals surface area contributed by atoms with E-state index in [1.54, 1.807) is 11.3 Å². The minimum atomic E-state index is 0.430. The molecule has 1 saturated carbocycles. The van der Waals surface area contributed by atoms with E-state index < -0.39 is 0 Å². The lowest BCUT2D eigenvalue weighted by Gasteiger charge is -2.09. The quantitative estimate of drug-likeness (QED) is 0.800. The molecule has 13 heavy (non-hydrogen) atoms. The van der Waals surface area contributed by atoms with Crippen LogP contribution in [-0.2, 0) is 0 Å². The van der Waals surface area contributed by atoms with Gasteiger partial charge in [-0.25, -0.2) is 4.98 Å². The van der Waals surface area contributed by atoms with Crippen molar-refractivity contribution in [1.29, 1.82) is 0 Å². The molecule has 1 unspecified atom stereocenters. The van der Waals surface area contributed by atoms with Crippen LogP contribution < -0.4 is 5.32 Å². The van der Waals surface area contributed by atoms with E-state index in [1.165, 1.54) is 29.3 Å². The Kier molecular flexibility index (Phi) is 2.65. The topological polar surface area (TPSA) is 24.9 Å². The number of rotatable bonds is 4. The molecule has 0 aromatic carbocycles. The number of thiazole rings is 1. The molecule has 72 valence electrons. The summed E-state index contributed by atoms with van der Waals surface area (Å²) in [6.07, 6.45) is 4.78. The highest BCUT2D eigenvalue weighted by Gasteiger charge is 2.21. The predicted octanol–water partition coefficient (Wildman–Crippen LogP) is 2.51. The first-order valence-electron chi connectivity index (χ1n) is 4.91. The van der Waals surface area contributed by atoms with Crippen molar-refractivity contribution < 1.29 is 0 Å². The van der Waals surface area contributed by atoms with Gasteiger partial charge in [0.25, 0.3) is 0 Å². The third kappa shape index (κ3) is 2.51. The smallest absolute Gasteiger partial charge is 0.109 e. The largest absolute Gasteiger partial charge is 0.308 e. The molecule has 0 aliphatic heterocycles. The molecule has 0 amide bonds. The van der Waals surface area contributed by atoms with Gasteiger partial charge in [-0.3, -0.25) is 0 Å². The van der Waals surface area contributed by atoms with Crippen LogP contribution in [0.5, 0.6) is 0 Å². The van der Waals surface area contributed by atoms with Crippen LogP contribution in [0.15, 0.2) is 6.20 Å². The van der Waals surface area contributed by atoms with E-state index in [9.17, 15) is 0 Å². The van der Waals surface area contributed by atoms with Crippen LogP contribution in [0, 0.1) is 12.8 Å². The number of aryl methyl sites for hydroxylation is 1. The van der Waals surface area contributed by atoms with Gasteiger partial charge in [0.1, 0.15) is 5.01 Å². The lowest BCUT2D eigenvalue weighted by atomic mass is 10.3. The van der Waals surface area contributed by atoms with E-state index in [-0.39, 0.29) is 0 Å². The first kappa shape index (κ1) is 9.16. The number of aromatic nitrogens is 1. The number of hydrogen-bond donors (Lipinski definition) is 1. The van der Waals surface area contributed by atoms with Crippen molar-refractivity contribution in [2.45, 2.75) is 32.7 Å². The molecule has 0 spiro atoms. The fraction of sp³-hybridized carbons (Fsp3) is 0.700. The third-order valence-corrected chi connectivity index (χ3v) is 3.51. The van der Waals surface area contributed by atoms with E-state index in [0.29, 0.717) is 6.04 Å². The molecule has 0 radical (unpaired) electrons. The molecule has 1 heterocycles. The van der Waals surface area contributed by atoms with E-state index in [4.69, 9.17) is 0 Å². The average molecular weight is 196 g/mol. The Balaban J connectivity index is 1.84. The predicted molar refractivity (Wildman–Crippen MR) is 56.0 cm³/mol. The van der Waals surface area contributed by atoms with Crippen LogP contribution in [0.25, 0.3) is 0 Å². The van der Waals surface area contributed by atoms with Gasteiger partial charge >= 0.3 is 0 Å². The molecule has 0 bridgehead atoms. The summed E-state index contributed by atoms with van der Waals surface area (Å²) in [5.74, 6) is 0.948. The first-order valence-corrected chi connectivity index (χ1v) is 5.73. The average Bonchev–Trinajstić information content (AvgIpc) is 2.84. The summed E-state index contributed by atoms with van der Waals surface area (Å²) in [4.78, 5) is 5.67. The SMILES string of the molecule is Cc1cnc(C(C)NCC2CC2)s1. The Hall–Kier alpha value is -0.410. The lowest BCUT2D eigenvalue weighted by Crippen LogP contribution is -2.20. The van der Waals surface area contributed by atoms with Gasteiger partial charge < -0.3 is 5.32 Å². The second-order valence-electron chi connectivity index (χ2n) is 3.88. The van der Waals surface area contributed by atoms with Crippen LogP contribution in [0.4, 0.5) is 0 Å². The minimum Gasteiger partial charge on any atom is -0.308 e. The normalized spacial score (nSPS) is 18.9. The highest BCUT2D eigenvalue weighted by atomic mass is 32.1.